The standard InChI is InChI=1S/C11H12N2O3/c1-11(2)10(13(14)15)9(12-16-11)8-6-4-3-5-7-8/h3-7,10H,1-2H3/t10-/m1/s1. The maximum Gasteiger partial charge on any atom is 0.299 e. The van der Waals surface area contributed by atoms with Crippen molar-refractivity contribution in [1.29, 1.82) is 0 Å². The van der Waals surface area contributed by atoms with Crippen LogP contribution in [0.4, 0.5) is 0 Å². The van der Waals surface area contributed by atoms with Crippen LogP contribution in [0.3, 0.4) is 0 Å². The van der Waals surface area contributed by atoms with Gasteiger partial charge < -0.3 is 4.84 Å². The van der Waals surface area contributed by atoms with Crippen molar-refractivity contribution in [3.63, 3.8) is 0 Å². The highest BCUT2D eigenvalue weighted by atomic mass is 16.7. The molecule has 0 saturated heterocycles. The first-order valence-electron chi connectivity index (χ1n) is 4.97. The lowest BCUT2D eigenvalue weighted by molar-refractivity contribution is -0.519. The van der Waals surface area contributed by atoms with E-state index in [2.05, 4.69) is 5.16 Å². The Bertz CT molecular complexity index is 440. The molecule has 1 atom stereocenters. The molecule has 0 bridgehead atoms. The lowest BCUT2D eigenvalue weighted by atomic mass is 9.92. The number of nitrogens with zero attached hydrogens (tertiary/aromatic N) is 2. The van der Waals surface area contributed by atoms with Crippen LogP contribution in [0.25, 0.3) is 0 Å². The minimum Gasteiger partial charge on any atom is -0.381 e. The summed E-state index contributed by atoms with van der Waals surface area (Å²) >= 11 is 0. The van der Waals surface area contributed by atoms with Crippen molar-refractivity contribution in [1.82, 2.24) is 0 Å². The summed E-state index contributed by atoms with van der Waals surface area (Å²) in [5.74, 6) is 0. The Labute approximate surface area is 92.9 Å². The number of hydrogen-bond donors (Lipinski definition) is 0. The summed E-state index contributed by atoms with van der Waals surface area (Å²) in [5, 5.41) is 14.9. The van der Waals surface area contributed by atoms with Crippen LogP contribution in [-0.4, -0.2) is 22.3 Å². The molecule has 5 nitrogen and oxygen atoms in total. The van der Waals surface area contributed by atoms with Crippen LogP contribution in [-0.2, 0) is 4.84 Å². The van der Waals surface area contributed by atoms with Crippen LogP contribution >= 0.6 is 0 Å². The Balaban J connectivity index is 2.40. The van der Waals surface area contributed by atoms with Crippen molar-refractivity contribution < 1.29 is 9.76 Å². The summed E-state index contributed by atoms with van der Waals surface area (Å²) in [5.41, 5.74) is 0.222. The maximum atomic E-state index is 11.0. The van der Waals surface area contributed by atoms with E-state index < -0.39 is 11.6 Å². The normalized spacial score (nSPS) is 22.4. The Morgan fingerprint density at radius 3 is 2.56 bits per heavy atom. The van der Waals surface area contributed by atoms with Crippen molar-refractivity contribution in [2.45, 2.75) is 25.5 Å². The molecule has 1 aromatic carbocycles. The molecule has 0 amide bonds. The van der Waals surface area contributed by atoms with Gasteiger partial charge >= 0.3 is 0 Å². The van der Waals surface area contributed by atoms with Crippen LogP contribution in [0.15, 0.2) is 35.5 Å². The molecule has 0 radical (unpaired) electrons. The van der Waals surface area contributed by atoms with E-state index in [9.17, 15) is 10.1 Å². The minimum absolute atomic E-state index is 0.348. The Morgan fingerprint density at radius 2 is 2.00 bits per heavy atom. The molecule has 84 valence electrons. The molecule has 1 heterocycles. The van der Waals surface area contributed by atoms with E-state index >= 15 is 0 Å². The molecule has 16 heavy (non-hydrogen) atoms. The first-order chi connectivity index (χ1) is 7.52. The zero-order valence-electron chi connectivity index (χ0n) is 9.08. The van der Waals surface area contributed by atoms with Gasteiger partial charge in [0.1, 0.15) is 0 Å². The van der Waals surface area contributed by atoms with E-state index in [1.807, 2.05) is 18.2 Å². The number of oxime groups is 1. The zero-order valence-corrected chi connectivity index (χ0v) is 9.08. The Morgan fingerprint density at radius 1 is 1.38 bits per heavy atom. The van der Waals surface area contributed by atoms with Crippen LogP contribution in [0.5, 0.6) is 0 Å². The molecule has 0 aromatic heterocycles. The number of nitro groups is 1. The summed E-state index contributed by atoms with van der Waals surface area (Å²) in [7, 11) is 0. The van der Waals surface area contributed by atoms with Gasteiger partial charge in [0.25, 0.3) is 6.04 Å². The Hall–Kier alpha value is -1.91. The van der Waals surface area contributed by atoms with E-state index in [0.29, 0.717) is 5.71 Å². The molecule has 1 aliphatic heterocycles. The minimum atomic E-state index is -0.921. The molecule has 0 spiro atoms. The van der Waals surface area contributed by atoms with E-state index in [4.69, 9.17) is 4.84 Å². The fraction of sp³-hybridized carbons (Fsp3) is 0.364. The van der Waals surface area contributed by atoms with Gasteiger partial charge in [-0.05, 0) is 13.8 Å². The van der Waals surface area contributed by atoms with Crippen molar-refractivity contribution in [2.75, 3.05) is 0 Å². The molecule has 5 heteroatoms. The van der Waals surface area contributed by atoms with Crippen LogP contribution < -0.4 is 0 Å². The van der Waals surface area contributed by atoms with Gasteiger partial charge in [-0.15, -0.1) is 0 Å². The lowest BCUT2D eigenvalue weighted by Gasteiger charge is -2.17. The van der Waals surface area contributed by atoms with Gasteiger partial charge in [-0.25, -0.2) is 0 Å². The smallest absolute Gasteiger partial charge is 0.299 e. The summed E-state index contributed by atoms with van der Waals surface area (Å²) in [4.78, 5) is 15.8. The molecular weight excluding hydrogens is 208 g/mol. The van der Waals surface area contributed by atoms with Crippen molar-refractivity contribution >= 4 is 5.71 Å². The second-order valence-corrected chi connectivity index (χ2v) is 4.23. The molecule has 0 fully saturated rings. The first-order valence-corrected chi connectivity index (χ1v) is 4.97. The molecule has 0 N–H and O–H groups in total. The summed E-state index contributed by atoms with van der Waals surface area (Å²) < 4.78 is 0. The van der Waals surface area contributed by atoms with Crippen molar-refractivity contribution in [2.24, 2.45) is 5.16 Å². The van der Waals surface area contributed by atoms with Gasteiger partial charge in [0, 0.05) is 10.5 Å². The van der Waals surface area contributed by atoms with Crippen LogP contribution in [0.2, 0.25) is 0 Å². The van der Waals surface area contributed by atoms with E-state index in [0.717, 1.165) is 5.56 Å². The maximum absolute atomic E-state index is 11.0. The highest BCUT2D eigenvalue weighted by Gasteiger charge is 2.51. The highest BCUT2D eigenvalue weighted by Crippen LogP contribution is 2.28. The monoisotopic (exact) mass is 220 g/mol. The molecule has 1 aromatic rings. The third-order valence-corrected chi connectivity index (χ3v) is 2.58. The number of rotatable bonds is 2. The van der Waals surface area contributed by atoms with Crippen LogP contribution in [0, 0.1) is 10.1 Å². The lowest BCUT2D eigenvalue weighted by Crippen LogP contribution is -2.44. The van der Waals surface area contributed by atoms with Crippen molar-refractivity contribution in [3.8, 4) is 0 Å². The third kappa shape index (κ3) is 1.64. The van der Waals surface area contributed by atoms with Gasteiger partial charge in [-0.2, -0.15) is 0 Å². The molecule has 0 saturated carbocycles. The zero-order chi connectivity index (χ0) is 11.8. The fourth-order valence-corrected chi connectivity index (χ4v) is 1.77. The number of benzene rings is 1. The fourth-order valence-electron chi connectivity index (χ4n) is 1.77. The molecule has 1 aliphatic rings. The topological polar surface area (TPSA) is 64.7 Å². The second kappa shape index (κ2) is 3.59. The predicted octanol–water partition coefficient (Wildman–Crippen LogP) is 1.84. The van der Waals surface area contributed by atoms with Gasteiger partial charge in [-0.1, -0.05) is 35.5 Å². The second-order valence-electron chi connectivity index (χ2n) is 4.23. The summed E-state index contributed by atoms with van der Waals surface area (Å²) in [6.45, 7) is 3.33. The van der Waals surface area contributed by atoms with E-state index in [-0.39, 0.29) is 4.92 Å². The SMILES string of the molecule is CC1(C)ON=C(c2ccccc2)[C@H]1[N+](=O)[O-]. The predicted molar refractivity (Wildman–Crippen MR) is 58.9 cm³/mol. The van der Waals surface area contributed by atoms with Crippen LogP contribution in [0.1, 0.15) is 19.4 Å². The number of hydrogen-bond acceptors (Lipinski definition) is 4. The molecule has 0 unspecified atom stereocenters. The average Bonchev–Trinajstić information content (AvgIpc) is 2.55. The summed E-state index contributed by atoms with van der Waals surface area (Å²) in [6, 6.07) is 8.15. The highest BCUT2D eigenvalue weighted by molar-refractivity contribution is 6.04. The first kappa shape index (κ1) is 10.6. The largest absolute Gasteiger partial charge is 0.381 e. The van der Waals surface area contributed by atoms with Crippen molar-refractivity contribution in [3.05, 3.63) is 46.0 Å². The van der Waals surface area contributed by atoms with Gasteiger partial charge in [0.15, 0.2) is 5.71 Å². The summed E-state index contributed by atoms with van der Waals surface area (Å²) in [6.07, 6.45) is 0. The molecular formula is C11H12N2O3. The third-order valence-electron chi connectivity index (χ3n) is 2.58. The van der Waals surface area contributed by atoms with E-state index in [1.54, 1.807) is 26.0 Å². The molecule has 2 rings (SSSR count). The van der Waals surface area contributed by atoms with Gasteiger partial charge in [0.05, 0.1) is 0 Å². The average molecular weight is 220 g/mol. The van der Waals surface area contributed by atoms with Gasteiger partial charge in [0.2, 0.25) is 5.60 Å². The van der Waals surface area contributed by atoms with Gasteiger partial charge in [-0.3, -0.25) is 10.1 Å². The van der Waals surface area contributed by atoms with E-state index in [1.165, 1.54) is 0 Å². The Kier molecular flexibility index (Phi) is 2.38. The molecule has 0 aliphatic carbocycles. The quantitative estimate of drug-likeness (QED) is 0.564.